The van der Waals surface area contributed by atoms with E-state index in [4.69, 9.17) is 9.26 Å². The molecule has 0 unspecified atom stereocenters. The SMILES string of the molecule is CC(C)c1noc([C@H](NC(=O)c2cccn2C2CC2)C2CCOCC2)n1. The summed E-state index contributed by atoms with van der Waals surface area (Å²) < 4.78 is 13.1. The molecule has 1 N–H and O–H groups in total. The maximum absolute atomic E-state index is 13.0. The van der Waals surface area contributed by atoms with Crippen LogP contribution in [0.5, 0.6) is 0 Å². The summed E-state index contributed by atoms with van der Waals surface area (Å²) in [6.45, 7) is 5.44. The number of hydrogen-bond acceptors (Lipinski definition) is 5. The number of hydrogen-bond donors (Lipinski definition) is 1. The van der Waals surface area contributed by atoms with E-state index in [1.165, 1.54) is 0 Å². The number of nitrogens with one attached hydrogen (secondary N) is 1. The van der Waals surface area contributed by atoms with E-state index in [2.05, 4.69) is 20.0 Å². The van der Waals surface area contributed by atoms with E-state index in [9.17, 15) is 4.79 Å². The van der Waals surface area contributed by atoms with Crippen LogP contribution in [0.15, 0.2) is 22.9 Å². The molecule has 2 aliphatic rings. The van der Waals surface area contributed by atoms with Crippen molar-refractivity contribution in [3.8, 4) is 0 Å². The number of carbonyl (C=O) groups is 1. The zero-order chi connectivity index (χ0) is 18.1. The molecule has 26 heavy (non-hydrogen) atoms. The van der Waals surface area contributed by atoms with Gasteiger partial charge in [0.25, 0.3) is 5.91 Å². The van der Waals surface area contributed by atoms with Crippen molar-refractivity contribution in [2.45, 2.75) is 57.5 Å². The van der Waals surface area contributed by atoms with Crippen molar-refractivity contribution in [1.82, 2.24) is 20.0 Å². The van der Waals surface area contributed by atoms with Gasteiger partial charge in [0.15, 0.2) is 5.82 Å². The number of nitrogens with zero attached hydrogens (tertiary/aromatic N) is 3. The molecule has 1 saturated heterocycles. The van der Waals surface area contributed by atoms with Gasteiger partial charge >= 0.3 is 0 Å². The summed E-state index contributed by atoms with van der Waals surface area (Å²) in [6.07, 6.45) is 6.00. The van der Waals surface area contributed by atoms with E-state index < -0.39 is 0 Å². The molecule has 1 atom stereocenters. The Morgan fingerprint density at radius 1 is 1.27 bits per heavy atom. The van der Waals surface area contributed by atoms with Crippen LogP contribution in [-0.2, 0) is 4.74 Å². The van der Waals surface area contributed by atoms with Gasteiger partial charge in [-0.3, -0.25) is 4.79 Å². The van der Waals surface area contributed by atoms with Crippen molar-refractivity contribution in [1.29, 1.82) is 0 Å². The highest BCUT2D eigenvalue weighted by Crippen LogP contribution is 2.36. The number of aromatic nitrogens is 3. The Labute approximate surface area is 153 Å². The van der Waals surface area contributed by atoms with E-state index in [0.717, 1.165) is 25.7 Å². The van der Waals surface area contributed by atoms with Gasteiger partial charge in [-0.1, -0.05) is 19.0 Å². The molecule has 3 heterocycles. The minimum Gasteiger partial charge on any atom is -0.381 e. The van der Waals surface area contributed by atoms with Crippen molar-refractivity contribution in [2.75, 3.05) is 13.2 Å². The van der Waals surface area contributed by atoms with Crippen LogP contribution >= 0.6 is 0 Å². The first kappa shape index (κ1) is 17.3. The highest BCUT2D eigenvalue weighted by Gasteiger charge is 2.33. The molecule has 1 aliphatic heterocycles. The first-order chi connectivity index (χ1) is 12.6. The van der Waals surface area contributed by atoms with Crippen molar-refractivity contribution in [3.05, 3.63) is 35.7 Å². The molecule has 1 saturated carbocycles. The van der Waals surface area contributed by atoms with Crippen LogP contribution < -0.4 is 5.32 Å². The first-order valence-corrected chi connectivity index (χ1v) is 9.52. The van der Waals surface area contributed by atoms with E-state index in [1.54, 1.807) is 0 Å². The highest BCUT2D eigenvalue weighted by molar-refractivity contribution is 5.93. The minimum absolute atomic E-state index is 0.0808. The Bertz CT molecular complexity index is 756. The van der Waals surface area contributed by atoms with E-state index in [1.807, 2.05) is 32.2 Å². The molecule has 0 aromatic carbocycles. The first-order valence-electron chi connectivity index (χ1n) is 9.52. The fourth-order valence-corrected chi connectivity index (χ4v) is 3.51. The maximum Gasteiger partial charge on any atom is 0.268 e. The molecule has 2 aromatic rings. The van der Waals surface area contributed by atoms with Crippen molar-refractivity contribution < 1.29 is 14.1 Å². The van der Waals surface area contributed by atoms with Gasteiger partial charge in [-0.05, 0) is 43.7 Å². The molecule has 0 bridgehead atoms. The van der Waals surface area contributed by atoms with Gasteiger partial charge in [0, 0.05) is 31.4 Å². The van der Waals surface area contributed by atoms with Crippen molar-refractivity contribution in [3.63, 3.8) is 0 Å². The maximum atomic E-state index is 13.0. The number of ether oxygens (including phenoxy) is 1. The van der Waals surface area contributed by atoms with Gasteiger partial charge in [-0.2, -0.15) is 4.98 Å². The minimum atomic E-state index is -0.283. The molecule has 7 nitrogen and oxygen atoms in total. The Balaban J connectivity index is 1.57. The summed E-state index contributed by atoms with van der Waals surface area (Å²) in [7, 11) is 0. The molecule has 7 heteroatoms. The lowest BCUT2D eigenvalue weighted by Crippen LogP contribution is -2.37. The average molecular weight is 358 g/mol. The molecule has 1 aliphatic carbocycles. The van der Waals surface area contributed by atoms with Crippen LogP contribution in [0.25, 0.3) is 0 Å². The molecular formula is C19H26N4O3. The van der Waals surface area contributed by atoms with Gasteiger partial charge in [-0.25, -0.2) is 0 Å². The van der Waals surface area contributed by atoms with Gasteiger partial charge in [-0.15, -0.1) is 0 Å². The smallest absolute Gasteiger partial charge is 0.268 e. The van der Waals surface area contributed by atoms with Crippen molar-refractivity contribution >= 4 is 5.91 Å². The van der Waals surface area contributed by atoms with Crippen LogP contribution in [0, 0.1) is 5.92 Å². The van der Waals surface area contributed by atoms with Gasteiger partial charge in [0.05, 0.1) is 0 Å². The fourth-order valence-electron chi connectivity index (χ4n) is 3.51. The molecule has 2 fully saturated rings. The second-order valence-electron chi connectivity index (χ2n) is 7.58. The van der Waals surface area contributed by atoms with Crippen LogP contribution in [0.2, 0.25) is 0 Å². The quantitative estimate of drug-likeness (QED) is 0.857. The second-order valence-corrected chi connectivity index (χ2v) is 7.58. The third-order valence-corrected chi connectivity index (χ3v) is 5.22. The Kier molecular flexibility index (Phi) is 4.80. The average Bonchev–Trinajstić information content (AvgIpc) is 3.18. The predicted octanol–water partition coefficient (Wildman–Crippen LogP) is 3.23. The Morgan fingerprint density at radius 2 is 2.04 bits per heavy atom. The fraction of sp³-hybridized carbons (Fsp3) is 0.632. The summed E-state index contributed by atoms with van der Waals surface area (Å²) in [5.41, 5.74) is 0.702. The zero-order valence-electron chi connectivity index (χ0n) is 15.4. The van der Waals surface area contributed by atoms with Crippen LogP contribution in [0.1, 0.15) is 79.7 Å². The standard InChI is InChI=1S/C19H26N4O3/c1-12(2)17-21-19(26-22-17)16(13-7-10-25-11-8-13)20-18(24)15-4-3-9-23(15)14-5-6-14/h3-4,9,12-14,16H,5-8,10-11H2,1-2H3,(H,20,24)/t16-/m1/s1. The third kappa shape index (κ3) is 3.53. The third-order valence-electron chi connectivity index (χ3n) is 5.22. The van der Waals surface area contributed by atoms with Crippen LogP contribution in [0.4, 0.5) is 0 Å². The molecule has 1 amide bonds. The number of amides is 1. The molecule has 0 radical (unpaired) electrons. The second kappa shape index (κ2) is 7.23. The van der Waals surface area contributed by atoms with Gasteiger partial charge in [0.2, 0.25) is 5.89 Å². The Morgan fingerprint density at radius 3 is 2.69 bits per heavy atom. The van der Waals surface area contributed by atoms with Gasteiger partial charge < -0.3 is 19.1 Å². The molecular weight excluding hydrogens is 332 g/mol. The zero-order valence-corrected chi connectivity index (χ0v) is 15.4. The lowest BCUT2D eigenvalue weighted by Gasteiger charge is -2.28. The van der Waals surface area contributed by atoms with E-state index >= 15 is 0 Å². The topological polar surface area (TPSA) is 82.2 Å². The normalized spacial score (nSPS) is 19.7. The molecule has 4 rings (SSSR count). The van der Waals surface area contributed by atoms with Gasteiger partial charge in [0.1, 0.15) is 11.7 Å². The Hall–Kier alpha value is -2.15. The molecule has 140 valence electrons. The summed E-state index contributed by atoms with van der Waals surface area (Å²) in [5.74, 6) is 1.51. The largest absolute Gasteiger partial charge is 0.381 e. The van der Waals surface area contributed by atoms with Crippen LogP contribution in [-0.4, -0.2) is 33.8 Å². The summed E-state index contributed by atoms with van der Waals surface area (Å²) in [6, 6.07) is 3.99. The lowest BCUT2D eigenvalue weighted by molar-refractivity contribution is 0.0466. The highest BCUT2D eigenvalue weighted by atomic mass is 16.5. The summed E-state index contributed by atoms with van der Waals surface area (Å²) in [5, 5.41) is 7.25. The number of rotatable bonds is 6. The molecule has 0 spiro atoms. The van der Waals surface area contributed by atoms with E-state index in [-0.39, 0.29) is 23.8 Å². The monoisotopic (exact) mass is 358 g/mol. The molecule has 2 aromatic heterocycles. The van der Waals surface area contributed by atoms with E-state index in [0.29, 0.717) is 36.7 Å². The summed E-state index contributed by atoms with van der Waals surface area (Å²) >= 11 is 0. The number of carbonyl (C=O) groups excluding carboxylic acids is 1. The summed E-state index contributed by atoms with van der Waals surface area (Å²) in [4.78, 5) is 17.5. The van der Waals surface area contributed by atoms with Crippen molar-refractivity contribution in [2.24, 2.45) is 5.92 Å². The van der Waals surface area contributed by atoms with Crippen LogP contribution in [0.3, 0.4) is 0 Å². The lowest BCUT2D eigenvalue weighted by atomic mass is 9.91. The predicted molar refractivity (Wildman–Crippen MR) is 94.8 cm³/mol.